The van der Waals surface area contributed by atoms with Gasteiger partial charge in [-0.3, -0.25) is 0 Å². The molecule has 1 saturated heterocycles. The van der Waals surface area contributed by atoms with Gasteiger partial charge in [0.05, 0.1) is 12.7 Å². The van der Waals surface area contributed by atoms with Crippen LogP contribution in [-0.4, -0.2) is 24.4 Å². The Morgan fingerprint density at radius 3 is 2.56 bits per heavy atom. The first-order valence-corrected chi connectivity index (χ1v) is 3.16. The number of hydrogen-bond acceptors (Lipinski definition) is 2. The molecule has 2 nitrogen and oxygen atoms in total. The number of aliphatic hydroxyl groups is 1. The van der Waals surface area contributed by atoms with Gasteiger partial charge in [0.15, 0.2) is 0 Å². The van der Waals surface area contributed by atoms with E-state index in [2.05, 4.69) is 0 Å². The summed E-state index contributed by atoms with van der Waals surface area (Å²) in [6, 6.07) is 0. The van der Waals surface area contributed by atoms with Crippen LogP contribution < -0.4 is 0 Å². The SMILES string of the molecule is OCC1CCCCO1.[W]. The molecule has 0 aliphatic carbocycles. The molecule has 0 bridgehead atoms. The monoisotopic (exact) mass is 300 g/mol. The number of ether oxygens (including phenoxy) is 1. The van der Waals surface area contributed by atoms with Gasteiger partial charge in [0.25, 0.3) is 0 Å². The number of aliphatic hydroxyl groups excluding tert-OH is 1. The molecule has 3 heteroatoms. The molecule has 1 rings (SSSR count). The first-order valence-electron chi connectivity index (χ1n) is 3.16. The Hall–Kier alpha value is 0.608. The van der Waals surface area contributed by atoms with Crippen LogP contribution in [0.1, 0.15) is 19.3 Å². The fraction of sp³-hybridized carbons (Fsp3) is 1.00. The van der Waals surface area contributed by atoms with Gasteiger partial charge < -0.3 is 9.84 Å². The first-order chi connectivity index (χ1) is 3.93. The van der Waals surface area contributed by atoms with E-state index in [1.54, 1.807) is 0 Å². The third kappa shape index (κ3) is 3.34. The van der Waals surface area contributed by atoms with Crippen LogP contribution in [0.15, 0.2) is 0 Å². The van der Waals surface area contributed by atoms with Crippen LogP contribution in [0, 0.1) is 0 Å². The van der Waals surface area contributed by atoms with Crippen LogP contribution in [0.2, 0.25) is 0 Å². The third-order valence-corrected chi connectivity index (χ3v) is 1.48. The predicted molar refractivity (Wildman–Crippen MR) is 30.7 cm³/mol. The van der Waals surface area contributed by atoms with Gasteiger partial charge >= 0.3 is 0 Å². The Morgan fingerprint density at radius 1 is 1.44 bits per heavy atom. The van der Waals surface area contributed by atoms with Gasteiger partial charge in [-0.15, -0.1) is 0 Å². The van der Waals surface area contributed by atoms with Crippen LogP contribution in [0.25, 0.3) is 0 Å². The summed E-state index contributed by atoms with van der Waals surface area (Å²) in [4.78, 5) is 0. The van der Waals surface area contributed by atoms with Crippen molar-refractivity contribution in [2.75, 3.05) is 13.2 Å². The molecule has 54 valence electrons. The standard InChI is InChI=1S/C6H12O2.W/c7-5-6-3-1-2-4-8-6;/h6-7H,1-5H2;. The zero-order chi connectivity index (χ0) is 5.82. The molecule has 9 heavy (non-hydrogen) atoms. The molecule has 0 aromatic rings. The Bertz CT molecular complexity index is 62.1. The van der Waals surface area contributed by atoms with Crippen molar-refractivity contribution >= 4 is 0 Å². The smallest absolute Gasteiger partial charge is 0.0805 e. The Kier molecular flexibility index (Phi) is 5.76. The van der Waals surface area contributed by atoms with Gasteiger partial charge in [-0.1, -0.05) is 0 Å². The maximum atomic E-state index is 8.57. The van der Waals surface area contributed by atoms with Gasteiger partial charge in [0.1, 0.15) is 0 Å². The van der Waals surface area contributed by atoms with Crippen LogP contribution in [-0.2, 0) is 25.8 Å². The zero-order valence-corrected chi connectivity index (χ0v) is 8.31. The predicted octanol–water partition coefficient (Wildman–Crippen LogP) is 0.545. The van der Waals surface area contributed by atoms with Crippen LogP contribution >= 0.6 is 0 Å². The average molecular weight is 300 g/mol. The molecular weight excluding hydrogens is 288 g/mol. The number of hydrogen-bond donors (Lipinski definition) is 1. The molecule has 1 heterocycles. The second-order valence-electron chi connectivity index (χ2n) is 2.17. The molecule has 0 aromatic heterocycles. The number of rotatable bonds is 1. The third-order valence-electron chi connectivity index (χ3n) is 1.48. The molecule has 1 atom stereocenters. The molecule has 1 N–H and O–H groups in total. The Labute approximate surface area is 69.9 Å². The summed E-state index contributed by atoms with van der Waals surface area (Å²) in [7, 11) is 0. The van der Waals surface area contributed by atoms with Crippen LogP contribution in [0.4, 0.5) is 0 Å². The molecular formula is C6H12O2W. The van der Waals surface area contributed by atoms with E-state index in [-0.39, 0.29) is 33.8 Å². The topological polar surface area (TPSA) is 29.5 Å². The quantitative estimate of drug-likeness (QED) is 0.766. The fourth-order valence-electron chi connectivity index (χ4n) is 0.951. The largest absolute Gasteiger partial charge is 0.394 e. The molecule has 1 aliphatic heterocycles. The summed E-state index contributed by atoms with van der Waals surface area (Å²) in [5.74, 6) is 0. The van der Waals surface area contributed by atoms with Crippen LogP contribution in [0.3, 0.4) is 0 Å². The Balaban J connectivity index is 0.000000640. The van der Waals surface area contributed by atoms with Crippen molar-refractivity contribution in [3.8, 4) is 0 Å². The van der Waals surface area contributed by atoms with Crippen molar-refractivity contribution in [2.24, 2.45) is 0 Å². The summed E-state index contributed by atoms with van der Waals surface area (Å²) >= 11 is 0. The second-order valence-corrected chi connectivity index (χ2v) is 2.17. The minimum absolute atomic E-state index is 0. The summed E-state index contributed by atoms with van der Waals surface area (Å²) in [6.45, 7) is 1.03. The maximum absolute atomic E-state index is 8.57. The van der Waals surface area contributed by atoms with Gasteiger partial charge in [-0.05, 0) is 19.3 Å². The van der Waals surface area contributed by atoms with Crippen molar-refractivity contribution in [1.29, 1.82) is 0 Å². The fourth-order valence-corrected chi connectivity index (χ4v) is 0.951. The van der Waals surface area contributed by atoms with E-state index in [1.165, 1.54) is 6.42 Å². The van der Waals surface area contributed by atoms with Crippen molar-refractivity contribution < 1.29 is 30.9 Å². The summed E-state index contributed by atoms with van der Waals surface area (Å²) < 4.78 is 5.18. The van der Waals surface area contributed by atoms with Crippen molar-refractivity contribution in [2.45, 2.75) is 25.4 Å². The van der Waals surface area contributed by atoms with E-state index in [9.17, 15) is 0 Å². The van der Waals surface area contributed by atoms with Crippen molar-refractivity contribution in [3.05, 3.63) is 0 Å². The molecule has 0 aromatic carbocycles. The minimum atomic E-state index is 0. The molecule has 0 saturated carbocycles. The maximum Gasteiger partial charge on any atom is 0.0805 e. The average Bonchev–Trinajstić information content (AvgIpc) is 1.90. The van der Waals surface area contributed by atoms with E-state index in [1.807, 2.05) is 0 Å². The molecule has 0 spiro atoms. The van der Waals surface area contributed by atoms with E-state index >= 15 is 0 Å². The van der Waals surface area contributed by atoms with Gasteiger partial charge in [0, 0.05) is 27.7 Å². The first kappa shape index (κ1) is 9.61. The van der Waals surface area contributed by atoms with Crippen LogP contribution in [0.5, 0.6) is 0 Å². The Morgan fingerprint density at radius 2 is 2.22 bits per heavy atom. The van der Waals surface area contributed by atoms with E-state index in [0.717, 1.165) is 19.4 Å². The zero-order valence-electron chi connectivity index (χ0n) is 5.38. The van der Waals surface area contributed by atoms with Gasteiger partial charge in [0.2, 0.25) is 0 Å². The summed E-state index contributed by atoms with van der Waals surface area (Å²) in [5.41, 5.74) is 0. The van der Waals surface area contributed by atoms with E-state index < -0.39 is 0 Å². The molecule has 0 amide bonds. The second kappa shape index (κ2) is 5.40. The van der Waals surface area contributed by atoms with E-state index in [4.69, 9.17) is 9.84 Å². The van der Waals surface area contributed by atoms with E-state index in [0.29, 0.717) is 0 Å². The molecule has 1 unspecified atom stereocenters. The van der Waals surface area contributed by atoms with Crippen molar-refractivity contribution in [3.63, 3.8) is 0 Å². The van der Waals surface area contributed by atoms with Gasteiger partial charge in [-0.25, -0.2) is 0 Å². The molecule has 1 fully saturated rings. The summed E-state index contributed by atoms with van der Waals surface area (Å²) in [6.07, 6.45) is 3.56. The normalized spacial score (nSPS) is 27.0. The van der Waals surface area contributed by atoms with Gasteiger partial charge in [-0.2, -0.15) is 0 Å². The molecule has 0 radical (unpaired) electrons. The summed E-state index contributed by atoms with van der Waals surface area (Å²) in [5, 5.41) is 8.57. The molecule has 1 aliphatic rings. The van der Waals surface area contributed by atoms with Crippen molar-refractivity contribution in [1.82, 2.24) is 0 Å². The minimum Gasteiger partial charge on any atom is -0.394 e.